The van der Waals surface area contributed by atoms with Gasteiger partial charge in [-0.05, 0) is 62.7 Å². The van der Waals surface area contributed by atoms with Crippen molar-refractivity contribution in [2.24, 2.45) is 10.4 Å². The molecule has 1 fully saturated rings. The highest BCUT2D eigenvalue weighted by atomic mass is 16.5. The Hall–Kier alpha value is -2.99. The molecule has 1 amide bonds. The van der Waals surface area contributed by atoms with Gasteiger partial charge in [0.25, 0.3) is 0 Å². The number of carbonyl (C=O) groups is 1. The van der Waals surface area contributed by atoms with E-state index in [4.69, 9.17) is 9.47 Å². The molecule has 3 heterocycles. The van der Waals surface area contributed by atoms with Gasteiger partial charge in [-0.2, -0.15) is 0 Å². The number of nitrogens with zero attached hydrogens (tertiary/aromatic N) is 3. The Labute approximate surface area is 177 Å². The quantitative estimate of drug-likeness (QED) is 0.688. The Morgan fingerprint density at radius 3 is 2.60 bits per heavy atom. The van der Waals surface area contributed by atoms with E-state index in [9.17, 15) is 4.79 Å². The maximum Gasteiger partial charge on any atom is 0.237 e. The van der Waals surface area contributed by atoms with E-state index in [1.165, 1.54) is 0 Å². The first-order valence-corrected chi connectivity index (χ1v) is 10.3. The van der Waals surface area contributed by atoms with Crippen LogP contribution in [0.2, 0.25) is 0 Å². The number of amides is 1. The van der Waals surface area contributed by atoms with Gasteiger partial charge in [-0.25, -0.2) is 4.98 Å². The van der Waals surface area contributed by atoms with Gasteiger partial charge in [0.1, 0.15) is 0 Å². The van der Waals surface area contributed by atoms with E-state index in [0.717, 1.165) is 33.6 Å². The number of pyridine rings is 1. The average Bonchev–Trinajstić information content (AvgIpc) is 2.95. The second-order valence-corrected chi connectivity index (χ2v) is 7.73. The average molecular weight is 405 g/mol. The standard InChI is InChI=1S/C24H27N3O3/c1-5-30-21-9-7-18(15-26-21)17-6-8-20(25-3)19(14-17)22-16(2)27(4)23(28)24(22)10-12-29-13-11-24/h6-9,14-15H,3,5,10-13H2,1-2,4H3. The minimum atomic E-state index is -0.563. The second-order valence-electron chi connectivity index (χ2n) is 7.73. The molecule has 1 spiro atoms. The molecule has 6 nitrogen and oxygen atoms in total. The zero-order valence-electron chi connectivity index (χ0n) is 17.8. The minimum absolute atomic E-state index is 0.140. The monoisotopic (exact) mass is 405 g/mol. The number of rotatable bonds is 5. The van der Waals surface area contributed by atoms with Crippen molar-refractivity contribution in [3.05, 3.63) is 47.8 Å². The Morgan fingerprint density at radius 1 is 1.23 bits per heavy atom. The fourth-order valence-corrected chi connectivity index (χ4v) is 4.57. The Morgan fingerprint density at radius 2 is 1.97 bits per heavy atom. The summed E-state index contributed by atoms with van der Waals surface area (Å²) in [7, 11) is 1.85. The summed E-state index contributed by atoms with van der Waals surface area (Å²) in [6.45, 7) is 9.45. The van der Waals surface area contributed by atoms with Crippen molar-refractivity contribution < 1.29 is 14.3 Å². The molecule has 156 valence electrons. The van der Waals surface area contributed by atoms with Crippen molar-refractivity contribution >= 4 is 23.9 Å². The molecule has 0 aliphatic carbocycles. The molecule has 2 aliphatic heterocycles. The molecule has 0 unspecified atom stereocenters. The van der Waals surface area contributed by atoms with Crippen molar-refractivity contribution in [1.82, 2.24) is 9.88 Å². The summed E-state index contributed by atoms with van der Waals surface area (Å²) in [5.74, 6) is 0.745. The van der Waals surface area contributed by atoms with E-state index < -0.39 is 5.41 Å². The van der Waals surface area contributed by atoms with E-state index in [2.05, 4.69) is 22.8 Å². The summed E-state index contributed by atoms with van der Waals surface area (Å²) in [5.41, 5.74) is 5.17. The van der Waals surface area contributed by atoms with Gasteiger partial charge in [0.2, 0.25) is 11.8 Å². The van der Waals surface area contributed by atoms with Crippen LogP contribution in [0.5, 0.6) is 5.88 Å². The lowest BCUT2D eigenvalue weighted by atomic mass is 9.71. The van der Waals surface area contributed by atoms with Crippen molar-refractivity contribution in [2.45, 2.75) is 26.7 Å². The number of benzene rings is 1. The maximum absolute atomic E-state index is 13.3. The smallest absolute Gasteiger partial charge is 0.237 e. The summed E-state index contributed by atoms with van der Waals surface area (Å²) in [5, 5.41) is 0. The molecular formula is C24H27N3O3. The largest absolute Gasteiger partial charge is 0.478 e. The molecule has 0 N–H and O–H groups in total. The molecule has 2 aromatic rings. The second kappa shape index (κ2) is 8.03. The van der Waals surface area contributed by atoms with Crippen LogP contribution in [0.1, 0.15) is 32.3 Å². The molecule has 1 aromatic heterocycles. The Balaban J connectivity index is 1.84. The highest BCUT2D eigenvalue weighted by Crippen LogP contribution is 2.53. The zero-order chi connectivity index (χ0) is 21.3. The summed E-state index contributed by atoms with van der Waals surface area (Å²) < 4.78 is 11.0. The molecule has 0 atom stereocenters. The lowest BCUT2D eigenvalue weighted by molar-refractivity contribution is -0.137. The van der Waals surface area contributed by atoms with E-state index in [0.29, 0.717) is 38.5 Å². The fraction of sp³-hybridized carbons (Fsp3) is 0.375. The Kier molecular flexibility index (Phi) is 5.43. The topological polar surface area (TPSA) is 64.0 Å². The molecule has 0 saturated carbocycles. The third kappa shape index (κ3) is 3.21. The molecular weight excluding hydrogens is 378 g/mol. The van der Waals surface area contributed by atoms with E-state index in [1.807, 2.05) is 51.4 Å². The number of hydrogen-bond acceptors (Lipinski definition) is 5. The van der Waals surface area contributed by atoms with Gasteiger partial charge in [-0.15, -0.1) is 0 Å². The third-order valence-electron chi connectivity index (χ3n) is 6.20. The predicted molar refractivity (Wildman–Crippen MR) is 118 cm³/mol. The van der Waals surface area contributed by atoms with Gasteiger partial charge >= 0.3 is 0 Å². The van der Waals surface area contributed by atoms with Crippen molar-refractivity contribution in [2.75, 3.05) is 26.9 Å². The van der Waals surface area contributed by atoms with Crippen LogP contribution in [0.15, 0.2) is 47.2 Å². The molecule has 1 aromatic carbocycles. The van der Waals surface area contributed by atoms with E-state index >= 15 is 0 Å². The van der Waals surface area contributed by atoms with Gasteiger partial charge in [0.05, 0.1) is 17.7 Å². The summed E-state index contributed by atoms with van der Waals surface area (Å²) in [4.78, 5) is 23.7. The van der Waals surface area contributed by atoms with Crippen molar-refractivity contribution in [3.8, 4) is 17.0 Å². The molecule has 4 rings (SSSR count). The van der Waals surface area contributed by atoms with E-state index in [1.54, 1.807) is 4.90 Å². The lowest BCUT2D eigenvalue weighted by Crippen LogP contribution is -2.39. The minimum Gasteiger partial charge on any atom is -0.478 e. The SMILES string of the molecule is C=Nc1ccc(-c2ccc(OCC)nc2)cc1C1=C(C)N(C)C(=O)C12CCOCC2. The molecule has 0 radical (unpaired) electrons. The molecule has 1 saturated heterocycles. The van der Waals surface area contributed by atoms with Crippen molar-refractivity contribution in [1.29, 1.82) is 0 Å². The van der Waals surface area contributed by atoms with Crippen LogP contribution in [0.25, 0.3) is 16.7 Å². The lowest BCUT2D eigenvalue weighted by Gasteiger charge is -2.34. The zero-order valence-corrected chi connectivity index (χ0v) is 17.8. The number of aromatic nitrogens is 1. The van der Waals surface area contributed by atoms with Gasteiger partial charge < -0.3 is 14.4 Å². The number of hydrogen-bond donors (Lipinski definition) is 0. The normalized spacial score (nSPS) is 18.2. The highest BCUT2D eigenvalue weighted by molar-refractivity contribution is 6.05. The fourth-order valence-electron chi connectivity index (χ4n) is 4.57. The van der Waals surface area contributed by atoms with Gasteiger partial charge in [0.15, 0.2) is 0 Å². The maximum atomic E-state index is 13.3. The number of carbonyl (C=O) groups excluding carboxylic acids is 1. The predicted octanol–water partition coefficient (Wildman–Crippen LogP) is 4.48. The van der Waals surface area contributed by atoms with E-state index in [-0.39, 0.29) is 5.91 Å². The van der Waals surface area contributed by atoms with Crippen LogP contribution in [0.3, 0.4) is 0 Å². The molecule has 6 heteroatoms. The summed E-state index contributed by atoms with van der Waals surface area (Å²) in [6.07, 6.45) is 3.16. The molecule has 2 aliphatic rings. The van der Waals surface area contributed by atoms with Crippen LogP contribution in [0.4, 0.5) is 5.69 Å². The first-order chi connectivity index (χ1) is 14.5. The Bertz CT molecular complexity index is 1000. The van der Waals surface area contributed by atoms with Crippen molar-refractivity contribution in [3.63, 3.8) is 0 Å². The summed E-state index contributed by atoms with van der Waals surface area (Å²) >= 11 is 0. The number of allylic oxidation sites excluding steroid dienone is 1. The van der Waals surface area contributed by atoms with Gasteiger partial charge in [-0.1, -0.05) is 6.07 Å². The number of aliphatic imine (C=N–C) groups is 1. The molecule has 30 heavy (non-hydrogen) atoms. The first-order valence-electron chi connectivity index (χ1n) is 10.3. The van der Waals surface area contributed by atoms with Gasteiger partial charge in [-0.3, -0.25) is 9.79 Å². The van der Waals surface area contributed by atoms with Crippen LogP contribution < -0.4 is 4.74 Å². The van der Waals surface area contributed by atoms with Crippen LogP contribution in [0, 0.1) is 5.41 Å². The van der Waals surface area contributed by atoms with Gasteiger partial charge in [0, 0.05) is 49.3 Å². The van der Waals surface area contributed by atoms with Crippen LogP contribution >= 0.6 is 0 Å². The number of ether oxygens (including phenoxy) is 2. The van der Waals surface area contributed by atoms with Crippen LogP contribution in [-0.2, 0) is 9.53 Å². The first kappa shape index (κ1) is 20.3. The summed E-state index contributed by atoms with van der Waals surface area (Å²) in [6, 6.07) is 9.94. The molecule has 0 bridgehead atoms. The highest BCUT2D eigenvalue weighted by Gasteiger charge is 2.51. The van der Waals surface area contributed by atoms with Crippen LogP contribution in [-0.4, -0.2) is 49.4 Å². The third-order valence-corrected chi connectivity index (χ3v) is 6.20.